The molecule has 0 aliphatic rings. The van der Waals surface area contributed by atoms with Crippen molar-refractivity contribution in [2.45, 2.75) is 68.9 Å². The van der Waals surface area contributed by atoms with Gasteiger partial charge in [0.15, 0.2) is 10.1 Å². The molecule has 0 aliphatic heterocycles. The van der Waals surface area contributed by atoms with Crippen LogP contribution in [0.15, 0.2) is 40.4 Å². The maximum atomic E-state index is 11.5. The smallest absolute Gasteiger partial charge is 0.369 e. The number of fused-ring (bicyclic) bond motifs is 1. The van der Waals surface area contributed by atoms with Crippen LogP contribution in [0.5, 0.6) is 0 Å². The second kappa shape index (κ2) is 9.94. The summed E-state index contributed by atoms with van der Waals surface area (Å²) in [7, 11) is -2.12. The predicted molar refractivity (Wildman–Crippen MR) is 123 cm³/mol. The van der Waals surface area contributed by atoms with Crippen LogP contribution in [0.2, 0.25) is 18.1 Å². The molecule has 0 atom stereocenters. The molecule has 2 rings (SSSR count). The summed E-state index contributed by atoms with van der Waals surface area (Å²) in [6.45, 7) is 10.5. The lowest BCUT2D eigenvalue weighted by molar-refractivity contribution is -0.135. The molecule has 2 aromatic rings. The van der Waals surface area contributed by atoms with Gasteiger partial charge in [-0.15, -0.1) is 11.3 Å². The van der Waals surface area contributed by atoms with E-state index in [0.717, 1.165) is 41.3 Å². The Balaban J connectivity index is 1.73. The van der Waals surface area contributed by atoms with Gasteiger partial charge in [0, 0.05) is 5.75 Å². The average molecular weight is 438 g/mol. The Kier molecular flexibility index (Phi) is 8.15. The van der Waals surface area contributed by atoms with Gasteiger partial charge in [0.05, 0.1) is 10.2 Å². The van der Waals surface area contributed by atoms with Crippen molar-refractivity contribution >= 4 is 47.6 Å². The van der Waals surface area contributed by atoms with Gasteiger partial charge in [-0.2, -0.15) is 0 Å². The summed E-state index contributed by atoms with van der Waals surface area (Å²) in [5.41, 5.74) is 1.07. The summed E-state index contributed by atoms with van der Waals surface area (Å²) in [5, 5.41) is 9.43. The van der Waals surface area contributed by atoms with Gasteiger partial charge in [0.2, 0.25) is 0 Å². The molecule has 154 valence electrons. The van der Waals surface area contributed by atoms with Gasteiger partial charge in [0.25, 0.3) is 8.32 Å². The first kappa shape index (κ1) is 23.0. The van der Waals surface area contributed by atoms with Crippen LogP contribution >= 0.6 is 23.1 Å². The van der Waals surface area contributed by atoms with Gasteiger partial charge in [-0.05, 0) is 55.6 Å². The number of aliphatic carboxylic acids is 1. The molecular weight excluding hydrogens is 406 g/mol. The molecule has 0 fully saturated rings. The number of carbonyl (C=O) groups is 1. The molecule has 7 heteroatoms. The number of para-hydroxylation sites is 1. The van der Waals surface area contributed by atoms with Crippen LogP contribution in [0.4, 0.5) is 0 Å². The summed E-state index contributed by atoms with van der Waals surface area (Å²) in [5.74, 6) is 0.196. The molecule has 1 aromatic carbocycles. The number of carboxylic acid groups (broad SMARTS) is 1. The van der Waals surface area contributed by atoms with E-state index >= 15 is 0 Å². The first-order valence-electron chi connectivity index (χ1n) is 9.71. The molecule has 0 saturated carbocycles. The van der Waals surface area contributed by atoms with E-state index in [-0.39, 0.29) is 10.8 Å². The molecule has 0 aliphatic carbocycles. The Morgan fingerprint density at radius 1 is 1.25 bits per heavy atom. The highest BCUT2D eigenvalue weighted by Gasteiger charge is 2.40. The fourth-order valence-corrected chi connectivity index (χ4v) is 5.49. The highest BCUT2D eigenvalue weighted by molar-refractivity contribution is 8.01. The molecule has 1 heterocycles. The second-order valence-corrected chi connectivity index (χ2v) is 15.5. The molecule has 4 nitrogen and oxygen atoms in total. The minimum absolute atomic E-state index is 0.0145. The highest BCUT2D eigenvalue weighted by Crippen LogP contribution is 2.38. The number of thioether (sulfide) groups is 1. The maximum absolute atomic E-state index is 11.5. The number of benzene rings is 1. The molecule has 1 aromatic heterocycles. The van der Waals surface area contributed by atoms with Crippen molar-refractivity contribution in [3.63, 3.8) is 0 Å². The summed E-state index contributed by atoms with van der Waals surface area (Å²) >= 11 is 3.55. The largest absolute Gasteiger partial charge is 0.539 e. The molecule has 0 radical (unpaired) electrons. The summed E-state index contributed by atoms with van der Waals surface area (Å²) < 4.78 is 8.32. The van der Waals surface area contributed by atoms with Crippen molar-refractivity contribution in [1.29, 1.82) is 0 Å². The van der Waals surface area contributed by atoms with Crippen molar-refractivity contribution in [3.05, 3.63) is 36.1 Å². The number of hydrogen-bond acceptors (Lipinski definition) is 5. The lowest BCUT2D eigenvalue weighted by Gasteiger charge is -2.36. The first-order valence-corrected chi connectivity index (χ1v) is 14.4. The van der Waals surface area contributed by atoms with Gasteiger partial charge in [-0.3, -0.25) is 0 Å². The van der Waals surface area contributed by atoms with E-state index in [1.54, 1.807) is 29.2 Å². The number of nitrogens with zero attached hydrogens (tertiary/aromatic N) is 1. The quantitative estimate of drug-likeness (QED) is 0.143. The Hall–Kier alpha value is -1.31. The Bertz CT molecular complexity index is 791. The second-order valence-electron chi connectivity index (χ2n) is 8.38. The standard InChI is InChI=1S/C21H31NO3S2Si/c1-21(2,3)28(4,5)25-17(19(23)24)13-8-6-7-11-15-26-20-22-16-12-9-10-14-18(16)27-20/h9-10,12-14H,6-8,11,15H2,1-5H3,(H,23,24)/b17-13+. The van der Waals surface area contributed by atoms with Crippen molar-refractivity contribution in [1.82, 2.24) is 4.98 Å². The number of carboxylic acids is 1. The number of hydrogen-bond donors (Lipinski definition) is 1. The van der Waals surface area contributed by atoms with Crippen LogP contribution in [0.3, 0.4) is 0 Å². The van der Waals surface area contributed by atoms with Crippen molar-refractivity contribution in [2.24, 2.45) is 0 Å². The zero-order valence-corrected chi connectivity index (χ0v) is 20.1. The average Bonchev–Trinajstić information content (AvgIpc) is 3.01. The third kappa shape index (κ3) is 6.64. The molecule has 0 bridgehead atoms. The van der Waals surface area contributed by atoms with Gasteiger partial charge >= 0.3 is 5.97 Å². The zero-order valence-electron chi connectivity index (χ0n) is 17.4. The van der Waals surface area contributed by atoms with Gasteiger partial charge < -0.3 is 9.53 Å². The lowest BCUT2D eigenvalue weighted by Crippen LogP contribution is -2.41. The lowest BCUT2D eigenvalue weighted by atomic mass is 10.2. The Morgan fingerprint density at radius 2 is 1.96 bits per heavy atom. The van der Waals surface area contributed by atoms with Crippen molar-refractivity contribution < 1.29 is 14.3 Å². The monoisotopic (exact) mass is 437 g/mol. The number of allylic oxidation sites excluding steroid dienone is 1. The summed E-state index contributed by atoms with van der Waals surface area (Å²) in [4.78, 5) is 16.2. The van der Waals surface area contributed by atoms with Crippen LogP contribution in [0.1, 0.15) is 46.5 Å². The molecule has 0 amide bonds. The predicted octanol–water partition coefficient (Wildman–Crippen LogP) is 6.94. The van der Waals surface area contributed by atoms with Crippen molar-refractivity contribution in [2.75, 3.05) is 5.75 Å². The van der Waals surface area contributed by atoms with Crippen LogP contribution in [0.25, 0.3) is 10.2 Å². The molecular formula is C21H31NO3S2Si. The fraction of sp³-hybridized carbons (Fsp3) is 0.524. The molecule has 28 heavy (non-hydrogen) atoms. The van der Waals surface area contributed by atoms with Crippen LogP contribution < -0.4 is 0 Å². The number of rotatable bonds is 10. The highest BCUT2D eigenvalue weighted by atomic mass is 32.2. The van der Waals surface area contributed by atoms with E-state index in [1.165, 1.54) is 4.70 Å². The van der Waals surface area contributed by atoms with Crippen molar-refractivity contribution in [3.8, 4) is 0 Å². The number of unbranched alkanes of at least 4 members (excludes halogenated alkanes) is 3. The normalized spacial score (nSPS) is 13.1. The van der Waals surface area contributed by atoms with Crippen LogP contribution in [-0.4, -0.2) is 30.1 Å². The Labute approximate surface area is 177 Å². The van der Waals surface area contributed by atoms with E-state index < -0.39 is 14.3 Å². The molecule has 1 N–H and O–H groups in total. The van der Waals surface area contributed by atoms with Crippen LogP contribution in [0, 0.1) is 0 Å². The van der Waals surface area contributed by atoms with E-state index in [2.05, 4.69) is 44.9 Å². The van der Waals surface area contributed by atoms with E-state index in [0.29, 0.717) is 0 Å². The third-order valence-electron chi connectivity index (χ3n) is 5.06. The van der Waals surface area contributed by atoms with E-state index in [1.807, 2.05) is 18.2 Å². The van der Waals surface area contributed by atoms with Crippen LogP contribution in [-0.2, 0) is 9.22 Å². The van der Waals surface area contributed by atoms with E-state index in [9.17, 15) is 9.90 Å². The topological polar surface area (TPSA) is 59.4 Å². The molecule has 0 unspecified atom stereocenters. The minimum Gasteiger partial charge on any atom is -0.539 e. The minimum atomic E-state index is -2.12. The van der Waals surface area contributed by atoms with Gasteiger partial charge in [-0.25, -0.2) is 9.78 Å². The maximum Gasteiger partial charge on any atom is 0.369 e. The third-order valence-corrected chi connectivity index (χ3v) is 11.7. The van der Waals surface area contributed by atoms with Gasteiger partial charge in [0.1, 0.15) is 0 Å². The number of aromatic nitrogens is 1. The molecule has 0 spiro atoms. The Morgan fingerprint density at radius 3 is 2.61 bits per heavy atom. The SMILES string of the molecule is CC(C)(C)[Si](C)(C)O/C(=C/CCCCCSc1nc2ccccc2s1)C(=O)O. The fourth-order valence-electron chi connectivity index (χ4n) is 2.33. The summed E-state index contributed by atoms with van der Waals surface area (Å²) in [6, 6.07) is 8.22. The summed E-state index contributed by atoms with van der Waals surface area (Å²) in [6.07, 6.45) is 5.63. The van der Waals surface area contributed by atoms with E-state index in [4.69, 9.17) is 4.43 Å². The first-order chi connectivity index (χ1) is 13.1. The van der Waals surface area contributed by atoms with Gasteiger partial charge in [-0.1, -0.05) is 51.1 Å². The number of thiazole rings is 1. The zero-order chi connectivity index (χ0) is 20.8. The molecule has 0 saturated heterocycles.